The summed E-state index contributed by atoms with van der Waals surface area (Å²) < 4.78 is 10.8. The lowest BCUT2D eigenvalue weighted by Crippen LogP contribution is -2.49. The van der Waals surface area contributed by atoms with E-state index >= 15 is 0 Å². The summed E-state index contributed by atoms with van der Waals surface area (Å²) in [6.07, 6.45) is 8.12. The maximum absolute atomic E-state index is 14.3. The molecule has 1 saturated carbocycles. The van der Waals surface area contributed by atoms with Crippen molar-refractivity contribution in [2.75, 3.05) is 44.9 Å². The molecule has 0 spiro atoms. The van der Waals surface area contributed by atoms with Crippen molar-refractivity contribution in [1.29, 1.82) is 0 Å². The number of hydrogen-bond donors (Lipinski definition) is 0. The van der Waals surface area contributed by atoms with Gasteiger partial charge in [-0.15, -0.1) is 23.7 Å². The molecule has 10 heteroatoms. The molecule has 1 aromatic heterocycles. The summed E-state index contributed by atoms with van der Waals surface area (Å²) in [5.74, 6) is 0.149. The van der Waals surface area contributed by atoms with Gasteiger partial charge in [0.1, 0.15) is 4.88 Å². The van der Waals surface area contributed by atoms with Crippen LogP contribution in [0.4, 0.5) is 10.5 Å². The van der Waals surface area contributed by atoms with Crippen molar-refractivity contribution in [3.63, 3.8) is 0 Å². The van der Waals surface area contributed by atoms with Gasteiger partial charge < -0.3 is 24.2 Å². The molecule has 2 aliphatic heterocycles. The zero-order valence-electron chi connectivity index (χ0n) is 24.8. The third kappa shape index (κ3) is 7.85. The van der Waals surface area contributed by atoms with E-state index < -0.39 is 18.9 Å². The van der Waals surface area contributed by atoms with Crippen molar-refractivity contribution in [3.05, 3.63) is 41.3 Å². The van der Waals surface area contributed by atoms with Gasteiger partial charge in [-0.2, -0.15) is 0 Å². The van der Waals surface area contributed by atoms with E-state index in [2.05, 4.69) is 18.9 Å². The second-order valence-electron chi connectivity index (χ2n) is 11.9. The van der Waals surface area contributed by atoms with Crippen LogP contribution in [0.1, 0.15) is 74.4 Å². The molecular weight excluding hydrogens is 574 g/mol. The van der Waals surface area contributed by atoms with Crippen LogP contribution in [0.25, 0.3) is 10.4 Å². The summed E-state index contributed by atoms with van der Waals surface area (Å²) in [6, 6.07) is 11.9. The fourth-order valence-corrected chi connectivity index (χ4v) is 7.32. The van der Waals surface area contributed by atoms with Crippen LogP contribution in [0, 0.1) is 11.8 Å². The monoisotopic (exact) mass is 617 g/mol. The van der Waals surface area contributed by atoms with Crippen LogP contribution < -0.4 is 4.90 Å². The molecule has 42 heavy (non-hydrogen) atoms. The smallest absolute Gasteiger partial charge is 0.412 e. The van der Waals surface area contributed by atoms with E-state index in [1.54, 1.807) is 4.90 Å². The zero-order valence-corrected chi connectivity index (χ0v) is 26.4. The Balaban J connectivity index is 0.00000405. The number of anilines is 1. The summed E-state index contributed by atoms with van der Waals surface area (Å²) in [4.78, 5) is 47.5. The number of amides is 2. The Kier molecular flexibility index (Phi) is 11.7. The van der Waals surface area contributed by atoms with Gasteiger partial charge >= 0.3 is 12.1 Å². The third-order valence-electron chi connectivity index (χ3n) is 8.86. The number of rotatable bonds is 7. The number of piperidine rings is 2. The number of carbonyl (C=O) groups is 3. The van der Waals surface area contributed by atoms with Crippen molar-refractivity contribution >= 4 is 47.4 Å². The molecular formula is C32H44ClN3O5S. The first-order valence-corrected chi connectivity index (χ1v) is 16.0. The van der Waals surface area contributed by atoms with Crippen molar-refractivity contribution in [1.82, 2.24) is 9.80 Å². The third-order valence-corrected chi connectivity index (χ3v) is 10.0. The molecule has 2 saturated heterocycles. The van der Waals surface area contributed by atoms with Gasteiger partial charge in [0.2, 0.25) is 12.7 Å². The standard InChI is InChI=1S/C32H43N3O5S.ClH/c1-23-11-13-25(14-12-23)30(36)35(26-15-19-33(2)20-16-26)27-21-28(24-9-5-3-6-10-24)41-29(27)31(37)39-22-40-32(38)34-17-7-4-8-18-34;/h3,5-6,9-10,21,23,25-26H,4,7-8,11-20,22H2,1-2H3;1H. The Morgan fingerprint density at radius 3 is 2.24 bits per heavy atom. The molecule has 2 aromatic rings. The number of carbonyl (C=O) groups excluding carboxylic acids is 3. The van der Waals surface area contributed by atoms with Crippen LogP contribution >= 0.6 is 23.7 Å². The number of likely N-dealkylation sites (tertiary alicyclic amines) is 2. The molecule has 0 radical (unpaired) electrons. The van der Waals surface area contributed by atoms with Crippen molar-refractivity contribution in [2.45, 2.75) is 70.8 Å². The van der Waals surface area contributed by atoms with Crippen molar-refractivity contribution in [2.24, 2.45) is 11.8 Å². The highest BCUT2D eigenvalue weighted by Crippen LogP contribution is 2.41. The topological polar surface area (TPSA) is 79.4 Å². The number of thiophene rings is 1. The van der Waals surface area contributed by atoms with Crippen LogP contribution in [-0.4, -0.2) is 73.8 Å². The van der Waals surface area contributed by atoms with Crippen LogP contribution in [0.2, 0.25) is 0 Å². The predicted octanol–water partition coefficient (Wildman–Crippen LogP) is 6.83. The molecule has 3 fully saturated rings. The van der Waals surface area contributed by atoms with Crippen LogP contribution in [0.15, 0.2) is 36.4 Å². The summed E-state index contributed by atoms with van der Waals surface area (Å²) in [5.41, 5.74) is 1.61. The highest BCUT2D eigenvalue weighted by Gasteiger charge is 2.37. The van der Waals surface area contributed by atoms with Gasteiger partial charge in [-0.05, 0) is 95.5 Å². The molecule has 0 N–H and O–H groups in total. The Hall–Kier alpha value is -2.62. The van der Waals surface area contributed by atoms with E-state index in [4.69, 9.17) is 9.47 Å². The van der Waals surface area contributed by atoms with E-state index in [1.165, 1.54) is 11.3 Å². The second kappa shape index (κ2) is 15.2. The van der Waals surface area contributed by atoms with E-state index in [0.717, 1.165) is 81.3 Å². The number of halogens is 1. The molecule has 1 aromatic carbocycles. The number of benzene rings is 1. The van der Waals surface area contributed by atoms with Crippen molar-refractivity contribution in [3.8, 4) is 10.4 Å². The maximum atomic E-state index is 14.3. The van der Waals surface area contributed by atoms with Gasteiger partial charge in [0.15, 0.2) is 0 Å². The SMILES string of the molecule is CC1CCC(C(=O)N(c2cc(-c3ccccc3)sc2C(=O)OCOC(=O)N2CCCCC2)C2CCN(C)CC2)CC1.Cl. The van der Waals surface area contributed by atoms with Gasteiger partial charge in [-0.1, -0.05) is 37.3 Å². The second-order valence-corrected chi connectivity index (χ2v) is 13.0. The first-order chi connectivity index (χ1) is 19.9. The van der Waals surface area contributed by atoms with Crippen LogP contribution in [0.5, 0.6) is 0 Å². The fourth-order valence-electron chi connectivity index (χ4n) is 6.27. The van der Waals surface area contributed by atoms with Crippen molar-refractivity contribution < 1.29 is 23.9 Å². The van der Waals surface area contributed by atoms with Gasteiger partial charge in [0.05, 0.1) is 5.69 Å². The van der Waals surface area contributed by atoms with Gasteiger partial charge in [-0.3, -0.25) is 4.79 Å². The average Bonchev–Trinajstić information content (AvgIpc) is 3.44. The van der Waals surface area contributed by atoms with E-state index in [1.807, 2.05) is 41.3 Å². The first-order valence-electron chi connectivity index (χ1n) is 15.2. The number of nitrogens with zero attached hydrogens (tertiary/aromatic N) is 3. The first kappa shape index (κ1) is 32.3. The fraction of sp³-hybridized carbons (Fsp3) is 0.594. The van der Waals surface area contributed by atoms with Crippen LogP contribution in [0.3, 0.4) is 0 Å². The minimum atomic E-state index is -0.568. The summed E-state index contributed by atoms with van der Waals surface area (Å²) >= 11 is 1.34. The molecule has 3 heterocycles. The lowest BCUT2D eigenvalue weighted by Gasteiger charge is -2.40. The predicted molar refractivity (Wildman–Crippen MR) is 168 cm³/mol. The van der Waals surface area contributed by atoms with E-state index in [9.17, 15) is 14.4 Å². The molecule has 0 unspecified atom stereocenters. The molecule has 2 amide bonds. The maximum Gasteiger partial charge on any atom is 0.412 e. The van der Waals surface area contributed by atoms with Crippen LogP contribution in [-0.2, 0) is 14.3 Å². The van der Waals surface area contributed by atoms with Gasteiger partial charge in [0.25, 0.3) is 0 Å². The minimum Gasteiger partial charge on any atom is -0.424 e. The molecule has 8 nitrogen and oxygen atoms in total. The number of ether oxygens (including phenoxy) is 2. The number of esters is 1. The number of hydrogen-bond acceptors (Lipinski definition) is 7. The minimum absolute atomic E-state index is 0. The Morgan fingerprint density at radius 1 is 0.905 bits per heavy atom. The van der Waals surface area contributed by atoms with E-state index in [-0.39, 0.29) is 30.3 Å². The quantitative estimate of drug-likeness (QED) is 0.250. The largest absolute Gasteiger partial charge is 0.424 e. The normalized spacial score (nSPS) is 21.7. The highest BCUT2D eigenvalue weighted by molar-refractivity contribution is 7.18. The highest BCUT2D eigenvalue weighted by atomic mass is 35.5. The molecule has 1 aliphatic carbocycles. The molecule has 3 aliphatic rings. The average molecular weight is 618 g/mol. The van der Waals surface area contributed by atoms with Gasteiger partial charge in [0, 0.05) is 29.9 Å². The summed E-state index contributed by atoms with van der Waals surface area (Å²) in [5, 5.41) is 0. The zero-order chi connectivity index (χ0) is 28.8. The molecule has 0 bridgehead atoms. The Morgan fingerprint density at radius 2 is 1.57 bits per heavy atom. The lowest BCUT2D eigenvalue weighted by atomic mass is 9.82. The van der Waals surface area contributed by atoms with Gasteiger partial charge in [-0.25, -0.2) is 9.59 Å². The summed E-state index contributed by atoms with van der Waals surface area (Å²) in [6.45, 7) is 4.93. The molecule has 0 atom stereocenters. The summed E-state index contributed by atoms with van der Waals surface area (Å²) in [7, 11) is 2.11. The lowest BCUT2D eigenvalue weighted by molar-refractivity contribution is -0.124. The molecule has 5 rings (SSSR count). The molecule has 230 valence electrons. The Bertz CT molecular complexity index is 1190. The van der Waals surface area contributed by atoms with E-state index in [0.29, 0.717) is 29.6 Å². The Labute approximate surface area is 259 Å².